The molecule has 15 heavy (non-hydrogen) atoms. The minimum Gasteiger partial charge on any atom is -0.370 e. The molecule has 0 aromatic carbocycles. The Labute approximate surface area is 107 Å². The lowest BCUT2D eigenvalue weighted by atomic mass is 9.83. The lowest BCUT2D eigenvalue weighted by molar-refractivity contribution is -0.111. The quantitative estimate of drug-likeness (QED) is 0.787. The second-order valence-corrected chi connectivity index (χ2v) is 5.39. The summed E-state index contributed by atoms with van der Waals surface area (Å²) in [5, 5.41) is 0. The van der Waals surface area contributed by atoms with Gasteiger partial charge in [0.05, 0.1) is 8.96 Å². The van der Waals surface area contributed by atoms with E-state index in [9.17, 15) is 4.79 Å². The number of allylic oxidation sites excluding steroid dienone is 2. The Bertz CT molecular complexity index is 309. The highest BCUT2D eigenvalue weighted by atomic mass is 79.9. The zero-order chi connectivity index (χ0) is 11.6. The maximum atomic E-state index is 11.6. The van der Waals surface area contributed by atoms with Crippen molar-refractivity contribution in [1.29, 1.82) is 0 Å². The molecule has 0 amide bonds. The second-order valence-electron chi connectivity index (χ2n) is 3.68. The van der Waals surface area contributed by atoms with Crippen molar-refractivity contribution >= 4 is 37.6 Å². The van der Waals surface area contributed by atoms with Gasteiger partial charge in [-0.2, -0.15) is 0 Å². The molecule has 4 heteroatoms. The summed E-state index contributed by atoms with van der Waals surface area (Å²) >= 11 is 6.54. The van der Waals surface area contributed by atoms with Crippen LogP contribution < -0.4 is 0 Å². The van der Waals surface area contributed by atoms with Crippen LogP contribution in [0.25, 0.3) is 0 Å². The molecular weight excluding hydrogens is 324 g/mol. The molecule has 0 radical (unpaired) electrons. The number of ketones is 1. The Morgan fingerprint density at radius 1 is 1.40 bits per heavy atom. The average molecular weight is 338 g/mol. The summed E-state index contributed by atoms with van der Waals surface area (Å²) in [6, 6.07) is 0. The first-order valence-electron chi connectivity index (χ1n) is 4.83. The zero-order valence-electron chi connectivity index (χ0n) is 9.01. The van der Waals surface area contributed by atoms with Crippen LogP contribution in [-0.2, 0) is 9.53 Å². The van der Waals surface area contributed by atoms with E-state index in [0.717, 1.165) is 6.42 Å². The third-order valence-electron chi connectivity index (χ3n) is 2.87. The monoisotopic (exact) mass is 336 g/mol. The molecule has 0 fully saturated rings. The predicted molar refractivity (Wildman–Crippen MR) is 68.2 cm³/mol. The van der Waals surface area contributed by atoms with Gasteiger partial charge in [-0.05, 0) is 49.9 Å². The van der Waals surface area contributed by atoms with Crippen molar-refractivity contribution in [1.82, 2.24) is 0 Å². The molecule has 1 atom stereocenters. The molecular formula is C11H14Br2O2. The summed E-state index contributed by atoms with van der Waals surface area (Å²) in [5.74, 6) is 0.279. The molecule has 1 aliphatic carbocycles. The van der Waals surface area contributed by atoms with E-state index in [1.54, 1.807) is 7.11 Å². The van der Waals surface area contributed by atoms with E-state index >= 15 is 0 Å². The van der Waals surface area contributed by atoms with E-state index in [-0.39, 0.29) is 5.78 Å². The molecule has 0 aromatic heterocycles. The maximum Gasteiger partial charge on any atom is 0.206 e. The maximum absolute atomic E-state index is 11.6. The highest BCUT2D eigenvalue weighted by molar-refractivity contribution is 9.13. The summed E-state index contributed by atoms with van der Waals surface area (Å²) in [4.78, 5) is 11.6. The number of hydrogen-bond acceptors (Lipinski definition) is 2. The first-order valence-corrected chi connectivity index (χ1v) is 6.42. The normalized spacial score (nSPS) is 22.1. The molecule has 84 valence electrons. The van der Waals surface area contributed by atoms with Gasteiger partial charge in [0.25, 0.3) is 0 Å². The van der Waals surface area contributed by atoms with Gasteiger partial charge in [0.1, 0.15) is 5.60 Å². The second kappa shape index (κ2) is 4.93. The van der Waals surface area contributed by atoms with Gasteiger partial charge >= 0.3 is 0 Å². The van der Waals surface area contributed by atoms with E-state index in [2.05, 4.69) is 45.7 Å². The van der Waals surface area contributed by atoms with Crippen molar-refractivity contribution in [3.8, 4) is 0 Å². The molecule has 0 saturated heterocycles. The molecule has 1 unspecified atom stereocenters. The first kappa shape index (κ1) is 13.1. The van der Waals surface area contributed by atoms with E-state index in [4.69, 9.17) is 4.74 Å². The van der Waals surface area contributed by atoms with Gasteiger partial charge in [0.2, 0.25) is 5.78 Å². The summed E-state index contributed by atoms with van der Waals surface area (Å²) in [5.41, 5.74) is -0.486. The average Bonchev–Trinajstić information content (AvgIpc) is 2.24. The van der Waals surface area contributed by atoms with Crippen LogP contribution in [0, 0.1) is 5.92 Å². The summed E-state index contributed by atoms with van der Waals surface area (Å²) in [6.07, 6.45) is 4.66. The van der Waals surface area contributed by atoms with Gasteiger partial charge in [-0.3, -0.25) is 4.79 Å². The minimum absolute atomic E-state index is 0.0361. The van der Waals surface area contributed by atoms with Crippen LogP contribution in [-0.4, -0.2) is 18.5 Å². The highest BCUT2D eigenvalue weighted by Crippen LogP contribution is 2.37. The van der Waals surface area contributed by atoms with Crippen molar-refractivity contribution < 1.29 is 9.53 Å². The smallest absolute Gasteiger partial charge is 0.206 e. The van der Waals surface area contributed by atoms with Gasteiger partial charge in [0.15, 0.2) is 0 Å². The Morgan fingerprint density at radius 2 is 1.87 bits per heavy atom. The molecule has 0 aliphatic heterocycles. The predicted octanol–water partition coefficient (Wildman–Crippen LogP) is 3.56. The minimum atomic E-state index is -0.486. The van der Waals surface area contributed by atoms with E-state index < -0.39 is 5.60 Å². The van der Waals surface area contributed by atoms with Crippen LogP contribution in [0.15, 0.2) is 21.1 Å². The largest absolute Gasteiger partial charge is 0.370 e. The van der Waals surface area contributed by atoms with Gasteiger partial charge in [-0.25, -0.2) is 0 Å². The van der Waals surface area contributed by atoms with Crippen molar-refractivity contribution in [3.05, 3.63) is 21.1 Å². The molecule has 0 spiro atoms. The van der Waals surface area contributed by atoms with Gasteiger partial charge in [-0.15, -0.1) is 0 Å². The number of methoxy groups -OCH3 is 1. The van der Waals surface area contributed by atoms with Crippen LogP contribution in [0.3, 0.4) is 0 Å². The standard InChI is InChI=1S/C11H14Br2O2/c1-4-7(2)11(15-3)5-8(12)10(14)9(13)6-11/h5-7H,4H2,1-3H3. The van der Waals surface area contributed by atoms with Crippen molar-refractivity contribution in [2.24, 2.45) is 5.92 Å². The first-order chi connectivity index (χ1) is 6.96. The van der Waals surface area contributed by atoms with Crippen LogP contribution in [0.5, 0.6) is 0 Å². The lowest BCUT2D eigenvalue weighted by Crippen LogP contribution is -2.37. The summed E-state index contributed by atoms with van der Waals surface area (Å²) < 4.78 is 6.66. The molecule has 1 rings (SSSR count). The fourth-order valence-corrected chi connectivity index (χ4v) is 3.01. The van der Waals surface area contributed by atoms with Gasteiger partial charge in [0, 0.05) is 7.11 Å². The van der Waals surface area contributed by atoms with Crippen LogP contribution in [0.2, 0.25) is 0 Å². The van der Waals surface area contributed by atoms with Crippen LogP contribution in [0.4, 0.5) is 0 Å². The SMILES string of the molecule is CCC(C)C1(OC)C=C(Br)C(=O)C(Br)=C1. The van der Waals surface area contributed by atoms with E-state index in [0.29, 0.717) is 14.9 Å². The summed E-state index contributed by atoms with van der Waals surface area (Å²) in [6.45, 7) is 4.21. The number of halogens is 2. The molecule has 0 N–H and O–H groups in total. The third-order valence-corrected chi connectivity index (χ3v) is 4.05. The molecule has 2 nitrogen and oxygen atoms in total. The number of Topliss-reactive ketones (excluding diaryl/α,β-unsaturated/α-hetero) is 1. The lowest BCUT2D eigenvalue weighted by Gasteiger charge is -2.34. The molecule has 0 saturated carbocycles. The zero-order valence-corrected chi connectivity index (χ0v) is 12.2. The number of ether oxygens (including phenoxy) is 1. The molecule has 1 aliphatic rings. The van der Waals surface area contributed by atoms with Crippen LogP contribution in [0.1, 0.15) is 20.3 Å². The number of hydrogen-bond donors (Lipinski definition) is 0. The molecule has 0 heterocycles. The highest BCUT2D eigenvalue weighted by Gasteiger charge is 2.36. The number of carbonyl (C=O) groups excluding carboxylic acids is 1. The van der Waals surface area contributed by atoms with Gasteiger partial charge < -0.3 is 4.74 Å². The molecule has 0 aromatic rings. The van der Waals surface area contributed by atoms with Gasteiger partial charge in [-0.1, -0.05) is 20.3 Å². The third kappa shape index (κ3) is 2.43. The Kier molecular flexibility index (Phi) is 4.32. The summed E-state index contributed by atoms with van der Waals surface area (Å²) in [7, 11) is 1.66. The fraction of sp³-hybridized carbons (Fsp3) is 0.545. The van der Waals surface area contributed by atoms with Crippen molar-refractivity contribution in [3.63, 3.8) is 0 Å². The van der Waals surface area contributed by atoms with Crippen molar-refractivity contribution in [2.75, 3.05) is 7.11 Å². The Hall–Kier alpha value is 0.0700. The van der Waals surface area contributed by atoms with E-state index in [1.807, 2.05) is 12.2 Å². The number of rotatable bonds is 3. The fourth-order valence-electron chi connectivity index (χ4n) is 1.61. The van der Waals surface area contributed by atoms with E-state index in [1.165, 1.54) is 0 Å². The van der Waals surface area contributed by atoms with Crippen LogP contribution >= 0.6 is 31.9 Å². The van der Waals surface area contributed by atoms with Crippen molar-refractivity contribution in [2.45, 2.75) is 25.9 Å². The Morgan fingerprint density at radius 3 is 2.20 bits per heavy atom. The molecule has 0 bridgehead atoms. The topological polar surface area (TPSA) is 26.3 Å². The number of carbonyl (C=O) groups is 1. The Balaban J connectivity index is 3.17.